The summed E-state index contributed by atoms with van der Waals surface area (Å²) in [5.74, 6) is 2.58. The molecule has 0 bridgehead atoms. The Balaban J connectivity index is 1.31. The lowest BCUT2D eigenvalue weighted by molar-refractivity contribution is -0.124. The average molecular weight is 349 g/mol. The standard InChI is InChI=1S/C19H28N2O2S/c1-13-2-5-17(24-13)9-21-8-16-12-23-11-15(18(16)10-21)6-19(22)20-7-14-3-4-14/h2,5,14-16,18H,3-4,6-12H2,1H3,(H,20,22)/t15-,16-,18+/m0/s1. The summed E-state index contributed by atoms with van der Waals surface area (Å²) in [6.45, 7) is 7.95. The lowest BCUT2D eigenvalue weighted by Crippen LogP contribution is -2.38. The summed E-state index contributed by atoms with van der Waals surface area (Å²) in [6.07, 6.45) is 3.21. The number of ether oxygens (including phenoxy) is 1. The first-order valence-electron chi connectivity index (χ1n) is 9.29. The molecule has 1 aromatic rings. The monoisotopic (exact) mass is 348 g/mol. The predicted molar refractivity (Wildman–Crippen MR) is 96.0 cm³/mol. The quantitative estimate of drug-likeness (QED) is 0.859. The SMILES string of the molecule is Cc1ccc(CN2C[C@H]3COC[C@H](CC(=O)NCC4CC4)[C@H]3C2)s1. The molecule has 1 aromatic heterocycles. The lowest BCUT2D eigenvalue weighted by atomic mass is 9.81. The number of aryl methyl sites for hydroxylation is 1. The Hall–Kier alpha value is -0.910. The zero-order valence-corrected chi connectivity index (χ0v) is 15.3. The van der Waals surface area contributed by atoms with Crippen molar-refractivity contribution in [1.29, 1.82) is 0 Å². The maximum absolute atomic E-state index is 12.2. The number of amides is 1. The van der Waals surface area contributed by atoms with Crippen molar-refractivity contribution in [2.45, 2.75) is 32.7 Å². The molecule has 5 heteroatoms. The van der Waals surface area contributed by atoms with Gasteiger partial charge in [0.1, 0.15) is 0 Å². The maximum atomic E-state index is 12.2. The largest absolute Gasteiger partial charge is 0.381 e. The van der Waals surface area contributed by atoms with Gasteiger partial charge in [0.2, 0.25) is 5.91 Å². The predicted octanol–water partition coefficient (Wildman–Crippen LogP) is 2.67. The van der Waals surface area contributed by atoms with Crippen molar-refractivity contribution in [3.05, 3.63) is 21.9 Å². The molecule has 3 fully saturated rings. The van der Waals surface area contributed by atoms with Gasteiger partial charge in [-0.2, -0.15) is 0 Å². The average Bonchev–Trinajstić information content (AvgIpc) is 3.16. The van der Waals surface area contributed by atoms with Crippen LogP contribution in [-0.2, 0) is 16.1 Å². The molecule has 4 nitrogen and oxygen atoms in total. The number of carbonyl (C=O) groups excluding carboxylic acids is 1. The Morgan fingerprint density at radius 2 is 2.21 bits per heavy atom. The minimum atomic E-state index is 0.225. The van der Waals surface area contributed by atoms with Crippen LogP contribution in [0.5, 0.6) is 0 Å². The molecule has 132 valence electrons. The molecular weight excluding hydrogens is 320 g/mol. The lowest BCUT2D eigenvalue weighted by Gasteiger charge is -2.32. The normalized spacial score (nSPS) is 30.3. The Morgan fingerprint density at radius 1 is 1.33 bits per heavy atom. The van der Waals surface area contributed by atoms with Gasteiger partial charge in [0, 0.05) is 42.4 Å². The number of likely N-dealkylation sites (tertiary alicyclic amines) is 1. The molecule has 1 N–H and O–H groups in total. The van der Waals surface area contributed by atoms with E-state index >= 15 is 0 Å². The van der Waals surface area contributed by atoms with E-state index in [0.29, 0.717) is 24.2 Å². The fourth-order valence-corrected chi connectivity index (χ4v) is 5.15. The van der Waals surface area contributed by atoms with Gasteiger partial charge in [-0.1, -0.05) is 0 Å². The molecule has 0 spiro atoms. The van der Waals surface area contributed by atoms with Gasteiger partial charge in [-0.3, -0.25) is 9.69 Å². The van der Waals surface area contributed by atoms with Gasteiger partial charge in [-0.05, 0) is 55.6 Å². The van der Waals surface area contributed by atoms with Crippen molar-refractivity contribution in [3.63, 3.8) is 0 Å². The molecule has 1 amide bonds. The number of carbonyl (C=O) groups is 1. The van der Waals surface area contributed by atoms with Gasteiger partial charge >= 0.3 is 0 Å². The fraction of sp³-hybridized carbons (Fsp3) is 0.737. The number of fused-ring (bicyclic) bond motifs is 1. The molecule has 0 radical (unpaired) electrons. The Kier molecular flexibility index (Phi) is 4.93. The molecule has 4 rings (SSSR count). The van der Waals surface area contributed by atoms with Crippen molar-refractivity contribution < 1.29 is 9.53 Å². The highest BCUT2D eigenvalue weighted by molar-refractivity contribution is 7.11. The number of nitrogens with one attached hydrogen (secondary N) is 1. The van der Waals surface area contributed by atoms with Crippen molar-refractivity contribution in [2.24, 2.45) is 23.7 Å². The first-order chi connectivity index (χ1) is 11.7. The topological polar surface area (TPSA) is 41.6 Å². The first-order valence-corrected chi connectivity index (χ1v) is 10.1. The Labute approximate surface area is 148 Å². The van der Waals surface area contributed by atoms with E-state index in [4.69, 9.17) is 4.74 Å². The van der Waals surface area contributed by atoms with Crippen molar-refractivity contribution in [2.75, 3.05) is 32.8 Å². The minimum Gasteiger partial charge on any atom is -0.381 e. The summed E-state index contributed by atoms with van der Waals surface area (Å²) in [7, 11) is 0. The van der Waals surface area contributed by atoms with Crippen LogP contribution < -0.4 is 5.32 Å². The second-order valence-electron chi connectivity index (χ2n) is 7.88. The van der Waals surface area contributed by atoms with E-state index in [2.05, 4.69) is 29.3 Å². The molecule has 0 aromatic carbocycles. The molecule has 1 aliphatic carbocycles. The maximum Gasteiger partial charge on any atom is 0.220 e. The van der Waals surface area contributed by atoms with E-state index in [1.54, 1.807) is 0 Å². The van der Waals surface area contributed by atoms with Gasteiger partial charge in [-0.25, -0.2) is 0 Å². The highest BCUT2D eigenvalue weighted by atomic mass is 32.1. The fourth-order valence-electron chi connectivity index (χ4n) is 4.21. The van der Waals surface area contributed by atoms with Crippen molar-refractivity contribution in [1.82, 2.24) is 10.2 Å². The van der Waals surface area contributed by atoms with Crippen molar-refractivity contribution >= 4 is 17.2 Å². The molecule has 3 heterocycles. The van der Waals surface area contributed by atoms with Crippen LogP contribution in [0.1, 0.15) is 29.0 Å². The minimum absolute atomic E-state index is 0.225. The van der Waals surface area contributed by atoms with E-state index in [9.17, 15) is 4.79 Å². The van der Waals surface area contributed by atoms with E-state index in [1.807, 2.05) is 11.3 Å². The second kappa shape index (κ2) is 7.14. The number of hydrogen-bond acceptors (Lipinski definition) is 4. The van der Waals surface area contributed by atoms with Gasteiger partial charge in [0.05, 0.1) is 13.2 Å². The highest BCUT2D eigenvalue weighted by Crippen LogP contribution is 2.37. The zero-order chi connectivity index (χ0) is 16.5. The third-order valence-electron chi connectivity index (χ3n) is 5.74. The summed E-state index contributed by atoms with van der Waals surface area (Å²) in [5, 5.41) is 3.12. The molecule has 2 aliphatic heterocycles. The van der Waals surface area contributed by atoms with Crippen molar-refractivity contribution in [3.8, 4) is 0 Å². The molecular formula is C19H28N2O2S. The van der Waals surface area contributed by atoms with Gasteiger partial charge in [0.15, 0.2) is 0 Å². The summed E-state index contributed by atoms with van der Waals surface area (Å²) >= 11 is 1.90. The van der Waals surface area contributed by atoms with Gasteiger partial charge in [0.25, 0.3) is 0 Å². The third kappa shape index (κ3) is 4.01. The molecule has 1 saturated carbocycles. The van der Waals surface area contributed by atoms with E-state index in [-0.39, 0.29) is 5.91 Å². The first kappa shape index (κ1) is 16.6. The summed E-state index contributed by atoms with van der Waals surface area (Å²) in [6, 6.07) is 4.46. The van der Waals surface area contributed by atoms with Crippen LogP contribution in [0.25, 0.3) is 0 Å². The van der Waals surface area contributed by atoms with Crippen LogP contribution in [-0.4, -0.2) is 43.7 Å². The van der Waals surface area contributed by atoms with Crippen LogP contribution in [0.15, 0.2) is 12.1 Å². The number of hydrogen-bond donors (Lipinski definition) is 1. The number of thiophene rings is 1. The Morgan fingerprint density at radius 3 is 2.96 bits per heavy atom. The van der Waals surface area contributed by atoms with E-state index in [1.165, 1.54) is 22.6 Å². The molecule has 3 aliphatic rings. The van der Waals surface area contributed by atoms with Gasteiger partial charge < -0.3 is 10.1 Å². The second-order valence-corrected chi connectivity index (χ2v) is 9.25. The number of rotatable bonds is 6. The zero-order valence-electron chi connectivity index (χ0n) is 14.5. The molecule has 24 heavy (non-hydrogen) atoms. The highest BCUT2D eigenvalue weighted by Gasteiger charge is 2.41. The Bertz CT molecular complexity index is 584. The smallest absolute Gasteiger partial charge is 0.220 e. The van der Waals surface area contributed by atoms with Crippen LogP contribution in [0.3, 0.4) is 0 Å². The van der Waals surface area contributed by atoms with Crippen LogP contribution in [0.4, 0.5) is 0 Å². The molecule has 3 atom stereocenters. The van der Waals surface area contributed by atoms with Crippen LogP contribution in [0.2, 0.25) is 0 Å². The van der Waals surface area contributed by atoms with Gasteiger partial charge in [-0.15, -0.1) is 11.3 Å². The van der Waals surface area contributed by atoms with Crippen LogP contribution >= 0.6 is 11.3 Å². The molecule has 2 saturated heterocycles. The number of nitrogens with zero attached hydrogens (tertiary/aromatic N) is 1. The van der Waals surface area contributed by atoms with Crippen LogP contribution in [0, 0.1) is 30.6 Å². The van der Waals surface area contributed by atoms with E-state index < -0.39 is 0 Å². The third-order valence-corrected chi connectivity index (χ3v) is 6.73. The molecule has 0 unspecified atom stereocenters. The summed E-state index contributed by atoms with van der Waals surface area (Å²) < 4.78 is 5.83. The summed E-state index contributed by atoms with van der Waals surface area (Å²) in [5.41, 5.74) is 0. The summed E-state index contributed by atoms with van der Waals surface area (Å²) in [4.78, 5) is 17.6. The van der Waals surface area contributed by atoms with E-state index in [0.717, 1.165) is 45.3 Å².